The zero-order valence-electron chi connectivity index (χ0n) is 8.33. The zero-order chi connectivity index (χ0) is 10.0. The minimum atomic E-state index is -0.237. The van der Waals surface area contributed by atoms with Crippen LogP contribution in [0.15, 0.2) is 5.38 Å². The van der Waals surface area contributed by atoms with Gasteiger partial charge in [-0.3, -0.25) is 4.79 Å². The van der Waals surface area contributed by atoms with Gasteiger partial charge in [0, 0.05) is 13.8 Å². The standard InChI is InChI=1S/C9H14NO2S/c1-6-5-13-9(10(6)4)7(2)12-8(3)11/h5,7H,1-4H3/q+1. The Morgan fingerprint density at radius 1 is 1.69 bits per heavy atom. The summed E-state index contributed by atoms with van der Waals surface area (Å²) in [5, 5.41) is 3.11. The highest BCUT2D eigenvalue weighted by atomic mass is 32.1. The quantitative estimate of drug-likeness (QED) is 0.535. The Labute approximate surface area is 82.0 Å². The van der Waals surface area contributed by atoms with Crippen molar-refractivity contribution in [3.05, 3.63) is 16.1 Å². The van der Waals surface area contributed by atoms with E-state index in [1.165, 1.54) is 12.6 Å². The van der Waals surface area contributed by atoms with E-state index in [4.69, 9.17) is 4.74 Å². The van der Waals surface area contributed by atoms with E-state index in [-0.39, 0.29) is 12.1 Å². The number of ether oxygens (including phenoxy) is 1. The second-order valence-corrected chi connectivity index (χ2v) is 3.92. The molecule has 1 rings (SSSR count). The molecule has 13 heavy (non-hydrogen) atoms. The first-order valence-corrected chi connectivity index (χ1v) is 5.01. The van der Waals surface area contributed by atoms with Crippen molar-refractivity contribution in [3.8, 4) is 0 Å². The van der Waals surface area contributed by atoms with Crippen LogP contribution in [-0.2, 0) is 16.6 Å². The number of aromatic nitrogens is 1. The number of rotatable bonds is 2. The molecule has 0 saturated carbocycles. The van der Waals surface area contributed by atoms with E-state index in [1.54, 1.807) is 11.3 Å². The second kappa shape index (κ2) is 3.87. The molecule has 3 nitrogen and oxygen atoms in total. The normalized spacial score (nSPS) is 12.6. The van der Waals surface area contributed by atoms with Gasteiger partial charge in [-0.2, -0.15) is 4.57 Å². The van der Waals surface area contributed by atoms with Crippen LogP contribution >= 0.6 is 11.3 Å². The molecule has 1 aromatic heterocycles. The molecule has 72 valence electrons. The molecular formula is C9H14NO2S+. The lowest BCUT2D eigenvalue weighted by atomic mass is 10.4. The number of hydrogen-bond acceptors (Lipinski definition) is 3. The molecule has 1 atom stereocenters. The molecule has 0 amide bonds. The van der Waals surface area contributed by atoms with E-state index >= 15 is 0 Å². The van der Waals surface area contributed by atoms with E-state index in [0.29, 0.717) is 0 Å². The summed E-state index contributed by atoms with van der Waals surface area (Å²) in [6.45, 7) is 5.34. The molecule has 0 aromatic carbocycles. The van der Waals surface area contributed by atoms with Gasteiger partial charge >= 0.3 is 5.97 Å². The Morgan fingerprint density at radius 3 is 2.69 bits per heavy atom. The first-order valence-electron chi connectivity index (χ1n) is 4.13. The number of hydrogen-bond donors (Lipinski definition) is 0. The van der Waals surface area contributed by atoms with Crippen LogP contribution in [0, 0.1) is 6.92 Å². The third kappa shape index (κ3) is 2.28. The second-order valence-electron chi connectivity index (χ2n) is 3.03. The molecule has 0 aliphatic carbocycles. The summed E-state index contributed by atoms with van der Waals surface area (Å²) in [4.78, 5) is 10.7. The number of nitrogens with zero attached hydrogens (tertiary/aromatic N) is 1. The summed E-state index contributed by atoms with van der Waals surface area (Å²) < 4.78 is 7.12. The molecule has 1 heterocycles. The Kier molecular flexibility index (Phi) is 3.03. The van der Waals surface area contributed by atoms with Crippen LogP contribution in [0.5, 0.6) is 0 Å². The van der Waals surface area contributed by atoms with Gasteiger partial charge < -0.3 is 4.74 Å². The molecular weight excluding hydrogens is 186 g/mol. The zero-order valence-corrected chi connectivity index (χ0v) is 9.14. The SMILES string of the molecule is CC(=O)OC(C)c1scc(C)[n+]1C. The van der Waals surface area contributed by atoms with Crippen molar-refractivity contribution in [2.24, 2.45) is 7.05 Å². The first kappa shape index (κ1) is 10.2. The van der Waals surface area contributed by atoms with Crippen molar-refractivity contribution < 1.29 is 14.1 Å². The van der Waals surface area contributed by atoms with Crippen molar-refractivity contribution in [2.45, 2.75) is 26.9 Å². The van der Waals surface area contributed by atoms with Crippen molar-refractivity contribution in [1.82, 2.24) is 0 Å². The van der Waals surface area contributed by atoms with Crippen molar-refractivity contribution in [3.63, 3.8) is 0 Å². The lowest BCUT2D eigenvalue weighted by Gasteiger charge is -2.05. The highest BCUT2D eigenvalue weighted by Gasteiger charge is 2.21. The van der Waals surface area contributed by atoms with Crippen LogP contribution in [0.25, 0.3) is 0 Å². The minimum Gasteiger partial charge on any atom is -0.450 e. The maximum absolute atomic E-state index is 10.7. The fourth-order valence-corrected chi connectivity index (χ4v) is 2.14. The number of esters is 1. The van der Waals surface area contributed by atoms with Gasteiger partial charge in [0.2, 0.25) is 0 Å². The van der Waals surface area contributed by atoms with Crippen molar-refractivity contribution in [1.29, 1.82) is 0 Å². The van der Waals surface area contributed by atoms with Gasteiger partial charge in [-0.1, -0.05) is 11.3 Å². The average Bonchev–Trinajstić information content (AvgIpc) is 2.31. The molecule has 0 radical (unpaired) electrons. The van der Waals surface area contributed by atoms with E-state index in [0.717, 1.165) is 5.01 Å². The topological polar surface area (TPSA) is 30.2 Å². The highest BCUT2D eigenvalue weighted by molar-refractivity contribution is 7.09. The summed E-state index contributed by atoms with van der Waals surface area (Å²) in [6, 6.07) is 0. The Balaban J connectivity index is 2.82. The maximum atomic E-state index is 10.7. The van der Waals surface area contributed by atoms with Crippen LogP contribution in [0.1, 0.15) is 30.7 Å². The predicted octanol–water partition coefficient (Wildman–Crippen LogP) is 1.51. The molecule has 0 spiro atoms. The van der Waals surface area contributed by atoms with Gasteiger partial charge in [0.1, 0.15) is 7.05 Å². The van der Waals surface area contributed by atoms with E-state index in [1.807, 2.05) is 25.5 Å². The number of carbonyl (C=O) groups is 1. The van der Waals surface area contributed by atoms with E-state index in [2.05, 4.69) is 5.38 Å². The third-order valence-electron chi connectivity index (χ3n) is 1.90. The fraction of sp³-hybridized carbons (Fsp3) is 0.556. The Hall–Kier alpha value is -0.900. The molecule has 1 unspecified atom stereocenters. The Bertz CT molecular complexity index is 319. The molecule has 1 aromatic rings. The molecule has 0 bridgehead atoms. The van der Waals surface area contributed by atoms with E-state index < -0.39 is 0 Å². The van der Waals surface area contributed by atoms with E-state index in [9.17, 15) is 4.79 Å². The van der Waals surface area contributed by atoms with Crippen LogP contribution in [0.2, 0.25) is 0 Å². The minimum absolute atomic E-state index is 0.152. The lowest BCUT2D eigenvalue weighted by Crippen LogP contribution is -2.34. The van der Waals surface area contributed by atoms with Gasteiger partial charge in [0.15, 0.2) is 11.8 Å². The van der Waals surface area contributed by atoms with Gasteiger partial charge in [-0.15, -0.1) is 0 Å². The number of thiazole rings is 1. The monoisotopic (exact) mass is 200 g/mol. The molecule has 0 aliphatic heterocycles. The van der Waals surface area contributed by atoms with Crippen LogP contribution in [0.3, 0.4) is 0 Å². The lowest BCUT2D eigenvalue weighted by molar-refractivity contribution is -0.683. The van der Waals surface area contributed by atoms with Gasteiger partial charge in [-0.25, -0.2) is 0 Å². The summed E-state index contributed by atoms with van der Waals surface area (Å²) in [7, 11) is 1.97. The third-order valence-corrected chi connectivity index (χ3v) is 3.21. The van der Waals surface area contributed by atoms with Crippen LogP contribution in [0.4, 0.5) is 0 Å². The highest BCUT2D eigenvalue weighted by Crippen LogP contribution is 2.18. The molecule has 0 N–H and O–H groups in total. The molecule has 0 fully saturated rings. The van der Waals surface area contributed by atoms with Crippen molar-refractivity contribution in [2.75, 3.05) is 0 Å². The average molecular weight is 200 g/mol. The molecule has 4 heteroatoms. The van der Waals surface area contributed by atoms with Gasteiger partial charge in [0.25, 0.3) is 5.01 Å². The van der Waals surface area contributed by atoms with Crippen molar-refractivity contribution >= 4 is 17.3 Å². The maximum Gasteiger partial charge on any atom is 0.303 e. The Morgan fingerprint density at radius 2 is 2.31 bits per heavy atom. The summed E-state index contributed by atoms with van der Waals surface area (Å²) in [5.74, 6) is -0.237. The number of aryl methyl sites for hydroxylation is 1. The molecule has 0 saturated heterocycles. The summed E-state index contributed by atoms with van der Waals surface area (Å²) >= 11 is 1.61. The van der Waals surface area contributed by atoms with Gasteiger partial charge in [0.05, 0.1) is 5.38 Å². The summed E-state index contributed by atoms with van der Waals surface area (Å²) in [6.07, 6.45) is -0.152. The fourth-order valence-electron chi connectivity index (χ4n) is 1.15. The molecule has 0 aliphatic rings. The first-order chi connectivity index (χ1) is 6.02. The number of carbonyl (C=O) groups excluding carboxylic acids is 1. The summed E-state index contributed by atoms with van der Waals surface area (Å²) in [5.41, 5.74) is 1.18. The van der Waals surface area contributed by atoms with Crippen LogP contribution in [-0.4, -0.2) is 5.97 Å². The van der Waals surface area contributed by atoms with Crippen LogP contribution < -0.4 is 4.57 Å². The smallest absolute Gasteiger partial charge is 0.303 e. The predicted molar refractivity (Wildman–Crippen MR) is 50.4 cm³/mol. The van der Waals surface area contributed by atoms with Gasteiger partial charge in [-0.05, 0) is 6.92 Å². The largest absolute Gasteiger partial charge is 0.450 e.